The lowest BCUT2D eigenvalue weighted by Gasteiger charge is -2.28. The first kappa shape index (κ1) is 17.4. The molecule has 4 rings (SSSR count). The van der Waals surface area contributed by atoms with Gasteiger partial charge in [0.1, 0.15) is 5.76 Å². The maximum Gasteiger partial charge on any atom is 0.287 e. The number of anilines is 1. The lowest BCUT2D eigenvalue weighted by molar-refractivity contribution is -0.116. The third-order valence-electron chi connectivity index (χ3n) is 4.30. The molecule has 0 unspecified atom stereocenters. The molecule has 1 N–H and O–H groups in total. The van der Waals surface area contributed by atoms with E-state index in [2.05, 4.69) is 5.32 Å². The molecule has 0 atom stereocenters. The largest absolute Gasteiger partial charge is 0.454 e. The summed E-state index contributed by atoms with van der Waals surface area (Å²) in [6, 6.07) is 20.9. The van der Waals surface area contributed by atoms with Gasteiger partial charge in [0.15, 0.2) is 5.76 Å². The normalized spacial score (nSPS) is 13.3. The van der Waals surface area contributed by atoms with Crippen molar-refractivity contribution in [1.29, 1.82) is 0 Å². The van der Waals surface area contributed by atoms with Crippen LogP contribution < -0.4 is 10.2 Å². The molecule has 27 heavy (non-hydrogen) atoms. The lowest BCUT2D eigenvalue weighted by atomic mass is 10.2. The van der Waals surface area contributed by atoms with Gasteiger partial charge in [0, 0.05) is 11.4 Å². The van der Waals surface area contributed by atoms with Crippen LogP contribution in [0.5, 0.6) is 0 Å². The Labute approximate surface area is 161 Å². The average Bonchev–Trinajstić information content (AvgIpc) is 3.18. The van der Waals surface area contributed by atoms with Gasteiger partial charge in [-0.3, -0.25) is 9.59 Å². The predicted molar refractivity (Wildman–Crippen MR) is 105 cm³/mol. The molecule has 3 aromatic rings. The zero-order chi connectivity index (χ0) is 18.6. The van der Waals surface area contributed by atoms with Crippen LogP contribution in [0.25, 0.3) is 0 Å². The number of nitrogens with zero attached hydrogens (tertiary/aromatic N) is 1. The van der Waals surface area contributed by atoms with E-state index in [1.165, 1.54) is 11.8 Å². The molecular formula is C21H18N2O3S. The monoisotopic (exact) mass is 378 g/mol. The fourth-order valence-corrected chi connectivity index (χ4v) is 3.87. The van der Waals surface area contributed by atoms with Crippen molar-refractivity contribution >= 4 is 29.3 Å². The van der Waals surface area contributed by atoms with Gasteiger partial charge in [0.05, 0.1) is 18.0 Å². The Balaban J connectivity index is 1.44. The number of rotatable bonds is 5. The van der Waals surface area contributed by atoms with Crippen LogP contribution in [-0.4, -0.2) is 17.6 Å². The van der Waals surface area contributed by atoms with Crippen LogP contribution in [0.3, 0.4) is 0 Å². The maximum absolute atomic E-state index is 12.3. The fraction of sp³-hybridized carbons (Fsp3) is 0.143. The first-order chi connectivity index (χ1) is 13.2. The third kappa shape index (κ3) is 3.90. The van der Waals surface area contributed by atoms with Gasteiger partial charge in [-0.05, 0) is 29.8 Å². The van der Waals surface area contributed by atoms with E-state index >= 15 is 0 Å². The Morgan fingerprint density at radius 1 is 1.04 bits per heavy atom. The van der Waals surface area contributed by atoms with E-state index in [0.29, 0.717) is 24.6 Å². The van der Waals surface area contributed by atoms with Gasteiger partial charge in [-0.25, -0.2) is 0 Å². The smallest absolute Gasteiger partial charge is 0.287 e. The molecule has 0 spiro atoms. The number of para-hydroxylation sites is 1. The summed E-state index contributed by atoms with van der Waals surface area (Å²) in [6.45, 7) is 0.743. The molecule has 0 saturated carbocycles. The number of hydrogen-bond donors (Lipinski definition) is 1. The second kappa shape index (κ2) is 7.72. The second-order valence-electron chi connectivity index (χ2n) is 6.17. The highest BCUT2D eigenvalue weighted by atomic mass is 32.2. The number of furan rings is 1. The molecule has 2 heterocycles. The summed E-state index contributed by atoms with van der Waals surface area (Å²) in [4.78, 5) is 27.4. The van der Waals surface area contributed by atoms with Crippen molar-refractivity contribution < 1.29 is 14.0 Å². The summed E-state index contributed by atoms with van der Waals surface area (Å²) in [6.07, 6.45) is 0. The van der Waals surface area contributed by atoms with Crippen LogP contribution >= 0.6 is 11.8 Å². The summed E-state index contributed by atoms with van der Waals surface area (Å²) in [7, 11) is 0. The van der Waals surface area contributed by atoms with Crippen molar-refractivity contribution in [3.63, 3.8) is 0 Å². The second-order valence-corrected chi connectivity index (χ2v) is 7.19. The molecule has 6 heteroatoms. The molecule has 0 bridgehead atoms. The standard InChI is InChI=1S/C21H18N2O3S/c24-20-14-27-19-9-5-4-8-17(19)23(20)13-16-10-11-18(26-16)21(25)22-12-15-6-2-1-3-7-15/h1-11H,12-14H2,(H,22,25). The minimum atomic E-state index is -0.272. The van der Waals surface area contributed by atoms with Crippen molar-refractivity contribution in [2.75, 3.05) is 10.7 Å². The molecule has 136 valence electrons. The number of fused-ring (bicyclic) bond motifs is 1. The van der Waals surface area contributed by atoms with Crippen molar-refractivity contribution in [2.45, 2.75) is 18.0 Å². The van der Waals surface area contributed by atoms with E-state index in [0.717, 1.165) is 16.1 Å². The number of carbonyl (C=O) groups is 2. The first-order valence-corrected chi connectivity index (χ1v) is 9.62. The van der Waals surface area contributed by atoms with Gasteiger partial charge >= 0.3 is 0 Å². The summed E-state index contributed by atoms with van der Waals surface area (Å²) in [5.74, 6) is 0.987. The van der Waals surface area contributed by atoms with E-state index in [4.69, 9.17) is 4.42 Å². The Hall–Kier alpha value is -2.99. The van der Waals surface area contributed by atoms with Crippen LogP contribution in [0.2, 0.25) is 0 Å². The van der Waals surface area contributed by atoms with E-state index in [-0.39, 0.29) is 17.6 Å². The minimum absolute atomic E-state index is 0.0326. The van der Waals surface area contributed by atoms with E-state index in [1.54, 1.807) is 17.0 Å². The van der Waals surface area contributed by atoms with Crippen LogP contribution in [-0.2, 0) is 17.9 Å². The summed E-state index contributed by atoms with van der Waals surface area (Å²) >= 11 is 1.54. The average molecular weight is 378 g/mol. The zero-order valence-electron chi connectivity index (χ0n) is 14.6. The van der Waals surface area contributed by atoms with Crippen molar-refractivity contribution in [2.24, 2.45) is 0 Å². The third-order valence-corrected chi connectivity index (χ3v) is 5.35. The van der Waals surface area contributed by atoms with Crippen LogP contribution in [0, 0.1) is 0 Å². The Morgan fingerprint density at radius 2 is 1.81 bits per heavy atom. The number of amides is 2. The molecule has 2 amide bonds. The van der Waals surface area contributed by atoms with E-state index in [1.807, 2.05) is 54.6 Å². The molecule has 2 aromatic carbocycles. The highest BCUT2D eigenvalue weighted by Gasteiger charge is 2.25. The molecule has 0 saturated heterocycles. The summed E-state index contributed by atoms with van der Waals surface area (Å²) in [5, 5.41) is 2.84. The fourth-order valence-electron chi connectivity index (χ4n) is 2.93. The van der Waals surface area contributed by atoms with Crippen LogP contribution in [0.4, 0.5) is 5.69 Å². The van der Waals surface area contributed by atoms with E-state index in [9.17, 15) is 9.59 Å². The molecule has 1 aliphatic heterocycles. The lowest BCUT2D eigenvalue weighted by Crippen LogP contribution is -2.34. The highest BCUT2D eigenvalue weighted by Crippen LogP contribution is 2.35. The molecule has 1 aliphatic rings. The van der Waals surface area contributed by atoms with Gasteiger partial charge in [0.2, 0.25) is 5.91 Å². The van der Waals surface area contributed by atoms with Gasteiger partial charge in [0.25, 0.3) is 5.91 Å². The molecule has 5 nitrogen and oxygen atoms in total. The quantitative estimate of drug-likeness (QED) is 0.733. The highest BCUT2D eigenvalue weighted by molar-refractivity contribution is 8.00. The Kier molecular flexibility index (Phi) is 4.98. The number of carbonyl (C=O) groups excluding carboxylic acids is 2. The zero-order valence-corrected chi connectivity index (χ0v) is 15.4. The number of nitrogens with one attached hydrogen (secondary N) is 1. The Bertz CT molecular complexity index is 968. The predicted octanol–water partition coefficient (Wildman–Crippen LogP) is 3.85. The minimum Gasteiger partial charge on any atom is -0.454 e. The molecule has 1 aromatic heterocycles. The van der Waals surface area contributed by atoms with Crippen molar-refractivity contribution in [1.82, 2.24) is 5.32 Å². The number of hydrogen-bond acceptors (Lipinski definition) is 4. The number of benzene rings is 2. The maximum atomic E-state index is 12.3. The summed E-state index contributed by atoms with van der Waals surface area (Å²) in [5.41, 5.74) is 1.90. The van der Waals surface area contributed by atoms with Gasteiger partial charge in [-0.2, -0.15) is 0 Å². The van der Waals surface area contributed by atoms with E-state index < -0.39 is 0 Å². The van der Waals surface area contributed by atoms with Crippen molar-refractivity contribution in [3.05, 3.63) is 83.8 Å². The molecule has 0 radical (unpaired) electrons. The molecule has 0 fully saturated rings. The number of thioether (sulfide) groups is 1. The van der Waals surface area contributed by atoms with Crippen molar-refractivity contribution in [3.8, 4) is 0 Å². The first-order valence-electron chi connectivity index (χ1n) is 8.64. The van der Waals surface area contributed by atoms with Crippen LogP contribution in [0.1, 0.15) is 21.9 Å². The molecular weight excluding hydrogens is 360 g/mol. The van der Waals surface area contributed by atoms with Gasteiger partial charge < -0.3 is 14.6 Å². The molecule has 0 aliphatic carbocycles. The van der Waals surface area contributed by atoms with Gasteiger partial charge in [-0.1, -0.05) is 42.5 Å². The summed E-state index contributed by atoms with van der Waals surface area (Å²) < 4.78 is 5.69. The SMILES string of the molecule is O=C(NCc1ccccc1)c1ccc(CN2C(=O)CSc3ccccc32)o1. The Morgan fingerprint density at radius 3 is 2.67 bits per heavy atom. The van der Waals surface area contributed by atoms with Gasteiger partial charge in [-0.15, -0.1) is 11.8 Å². The topological polar surface area (TPSA) is 62.6 Å². The van der Waals surface area contributed by atoms with Crippen LogP contribution in [0.15, 0.2) is 76.0 Å².